The van der Waals surface area contributed by atoms with Crippen molar-refractivity contribution >= 4 is 21.5 Å². The predicted octanol–water partition coefficient (Wildman–Crippen LogP) is 30.3. The van der Waals surface area contributed by atoms with Gasteiger partial charge in [0.1, 0.15) is 0 Å². The fourth-order valence-corrected chi connectivity index (χ4v) is 4.94. The van der Waals surface area contributed by atoms with E-state index in [1.807, 2.05) is 121 Å². The molecule has 0 nitrogen and oxygen atoms in total. The van der Waals surface area contributed by atoms with E-state index in [1.54, 1.807) is 0 Å². The van der Waals surface area contributed by atoms with E-state index >= 15 is 0 Å². The maximum absolute atomic E-state index is 2.16. The van der Waals surface area contributed by atoms with Crippen LogP contribution in [0.25, 0.3) is 21.5 Å². The molecule has 0 saturated heterocycles. The number of fused-ring (bicyclic) bond motifs is 2. The van der Waals surface area contributed by atoms with Crippen LogP contribution in [-0.4, -0.2) is 0 Å². The summed E-state index contributed by atoms with van der Waals surface area (Å²) in [5.41, 5.74) is 5.47. The number of aryl methyl sites for hydroxylation is 2. The SMILES string of the molecule is CC.CC.CC.CC.CC.CC.CC.CCC.CCC.CCC.CCC.CCC.CCC.CCC.CCc1ccccc1.Cc1ccccc1.c1ccc(Cc2ccccc2)cc1.c1ccc2ccccc2c1.c1ccc2ccccc2c1. The van der Waals surface area contributed by atoms with E-state index in [0.717, 1.165) is 12.8 Å². The average Bonchev–Trinajstić information content (AvgIpc) is 3.57. The highest BCUT2D eigenvalue weighted by molar-refractivity contribution is 5.82. The summed E-state index contributed by atoms with van der Waals surface area (Å²) in [6.07, 6.45) is 10.9. The summed E-state index contributed by atoms with van der Waals surface area (Å²) >= 11 is 0. The zero-order valence-corrected chi connectivity index (χ0v) is 61.1. The van der Waals surface area contributed by atoms with Crippen LogP contribution in [-0.2, 0) is 12.8 Å². The molecule has 0 N–H and O–H groups in total. The van der Waals surface area contributed by atoms with Crippen LogP contribution in [0, 0.1) is 6.92 Å². The maximum atomic E-state index is 2.16. The molecule has 0 unspecified atom stereocenters. The molecule has 0 aliphatic carbocycles. The van der Waals surface area contributed by atoms with Crippen molar-refractivity contribution < 1.29 is 0 Å². The van der Waals surface area contributed by atoms with Gasteiger partial charge in [0, 0.05) is 0 Å². The smallest absolute Gasteiger partial charge is 0.00258 e. The molecule has 0 atom stereocenters. The van der Waals surface area contributed by atoms with Crippen LogP contribution in [0.2, 0.25) is 0 Å². The molecular formula is C83H144. The molecule has 8 aromatic carbocycles. The Kier molecular flexibility index (Phi) is 133. The van der Waals surface area contributed by atoms with E-state index in [1.165, 1.54) is 88.7 Å². The first-order valence-corrected chi connectivity index (χ1v) is 33.6. The van der Waals surface area contributed by atoms with Gasteiger partial charge in [-0.3, -0.25) is 0 Å². The van der Waals surface area contributed by atoms with Gasteiger partial charge in [-0.1, -0.05) is 470 Å². The Morgan fingerprint density at radius 1 is 0.181 bits per heavy atom. The van der Waals surface area contributed by atoms with Gasteiger partial charge >= 0.3 is 0 Å². The summed E-state index contributed by atoms with van der Waals surface area (Å²) < 4.78 is 0. The zero-order chi connectivity index (χ0) is 66.4. The van der Waals surface area contributed by atoms with Gasteiger partial charge in [0.15, 0.2) is 0 Å². The molecule has 0 saturated carbocycles. The van der Waals surface area contributed by atoms with E-state index in [9.17, 15) is 0 Å². The minimum absolute atomic E-state index is 1.03. The van der Waals surface area contributed by atoms with Gasteiger partial charge in [0.05, 0.1) is 0 Å². The largest absolute Gasteiger partial charge is 0.0683 e. The Balaban J connectivity index is -0.0000000769. The Morgan fingerprint density at radius 3 is 0.434 bits per heavy atom. The monoisotopic (exact) mass is 1140 g/mol. The van der Waals surface area contributed by atoms with Crippen LogP contribution < -0.4 is 0 Å². The lowest BCUT2D eigenvalue weighted by atomic mass is 10.1. The Labute approximate surface area is 524 Å². The van der Waals surface area contributed by atoms with Crippen molar-refractivity contribution in [2.24, 2.45) is 0 Å². The summed E-state index contributed by atoms with van der Waals surface area (Å²) in [7, 11) is 0. The first-order valence-electron chi connectivity index (χ1n) is 33.6. The third-order valence-electron chi connectivity index (χ3n) is 7.60. The van der Waals surface area contributed by atoms with Crippen LogP contribution in [0.4, 0.5) is 0 Å². The van der Waals surface area contributed by atoms with E-state index < -0.39 is 0 Å². The molecule has 8 rings (SSSR count). The van der Waals surface area contributed by atoms with E-state index in [2.05, 4.69) is 305 Å². The normalized spacial score (nSPS) is 7.59. The second-order valence-corrected chi connectivity index (χ2v) is 16.3. The van der Waals surface area contributed by atoms with Crippen LogP contribution in [0.15, 0.2) is 218 Å². The second-order valence-electron chi connectivity index (χ2n) is 16.3. The Morgan fingerprint density at radius 2 is 0.313 bits per heavy atom. The Bertz CT molecular complexity index is 1820. The molecule has 0 fully saturated rings. The van der Waals surface area contributed by atoms with E-state index in [0.29, 0.717) is 0 Å². The van der Waals surface area contributed by atoms with E-state index in [-0.39, 0.29) is 0 Å². The minimum atomic E-state index is 1.03. The van der Waals surface area contributed by atoms with E-state index in [4.69, 9.17) is 0 Å². The fourth-order valence-electron chi connectivity index (χ4n) is 4.94. The molecule has 0 heterocycles. The van der Waals surface area contributed by atoms with Gasteiger partial charge in [0.2, 0.25) is 0 Å². The molecule has 0 bridgehead atoms. The highest BCUT2D eigenvalue weighted by Crippen LogP contribution is 2.12. The van der Waals surface area contributed by atoms with Crippen LogP contribution >= 0.6 is 0 Å². The second kappa shape index (κ2) is 108. The maximum Gasteiger partial charge on any atom is -0.00258 e. The van der Waals surface area contributed by atoms with Crippen molar-refractivity contribution in [2.75, 3.05) is 0 Å². The summed E-state index contributed by atoms with van der Waals surface area (Å²) in [4.78, 5) is 0. The molecule has 0 heteroatoms. The molecular weight excluding hydrogens is 997 g/mol. The van der Waals surface area contributed by atoms with Gasteiger partial charge < -0.3 is 0 Å². The lowest BCUT2D eigenvalue weighted by Crippen LogP contribution is -1.85. The lowest BCUT2D eigenvalue weighted by Gasteiger charge is -2.00. The Hall–Kier alpha value is -5.72. The summed E-state index contributed by atoms with van der Waals surface area (Å²) in [6.45, 7) is 62.0. The van der Waals surface area contributed by atoms with Gasteiger partial charge in [0.25, 0.3) is 0 Å². The van der Waals surface area contributed by atoms with Gasteiger partial charge in [-0.2, -0.15) is 0 Å². The van der Waals surface area contributed by atoms with Crippen molar-refractivity contribution in [3.8, 4) is 0 Å². The average molecular weight is 1140 g/mol. The molecule has 0 aliphatic heterocycles. The van der Waals surface area contributed by atoms with Crippen LogP contribution in [0.1, 0.15) is 268 Å². The minimum Gasteiger partial charge on any atom is -0.0683 e. The van der Waals surface area contributed by atoms with Gasteiger partial charge in [-0.05, 0) is 58.0 Å². The van der Waals surface area contributed by atoms with Crippen molar-refractivity contribution in [2.45, 2.75) is 265 Å². The van der Waals surface area contributed by atoms with Gasteiger partial charge in [-0.15, -0.1) is 0 Å². The van der Waals surface area contributed by atoms with Crippen molar-refractivity contribution in [3.63, 3.8) is 0 Å². The molecule has 0 amide bonds. The molecule has 476 valence electrons. The molecule has 0 aromatic heterocycles. The predicted molar refractivity (Wildman–Crippen MR) is 402 cm³/mol. The van der Waals surface area contributed by atoms with Crippen LogP contribution in [0.3, 0.4) is 0 Å². The summed E-state index contributed by atoms with van der Waals surface area (Å²) in [5, 5.41) is 5.24. The third-order valence-corrected chi connectivity index (χ3v) is 7.60. The highest BCUT2D eigenvalue weighted by Gasteiger charge is 1.93. The third kappa shape index (κ3) is 90.3. The quantitative estimate of drug-likeness (QED) is 0.165. The van der Waals surface area contributed by atoms with Gasteiger partial charge in [-0.25, -0.2) is 0 Å². The number of rotatable bonds is 3. The van der Waals surface area contributed by atoms with Crippen molar-refractivity contribution in [1.29, 1.82) is 0 Å². The molecule has 0 radical (unpaired) electrons. The lowest BCUT2D eigenvalue weighted by molar-refractivity contribution is 1.09. The fraction of sp³-hybridized carbons (Fsp3) is 0.470. The number of hydrogen-bond donors (Lipinski definition) is 0. The first-order chi connectivity index (χ1) is 40.6. The number of hydrogen-bond acceptors (Lipinski definition) is 0. The molecule has 83 heavy (non-hydrogen) atoms. The summed E-state index contributed by atoms with van der Waals surface area (Å²) in [5.74, 6) is 0. The highest BCUT2D eigenvalue weighted by atomic mass is 14.0. The molecule has 0 aliphatic rings. The molecule has 8 aromatic rings. The zero-order valence-electron chi connectivity index (χ0n) is 61.1. The number of benzene rings is 8. The molecule has 0 spiro atoms. The van der Waals surface area contributed by atoms with Crippen molar-refractivity contribution in [3.05, 3.63) is 241 Å². The first kappa shape index (κ1) is 102. The summed E-state index contributed by atoms with van der Waals surface area (Å²) in [6, 6.07) is 75.2. The standard InChI is InChI=1S/C13H12.2C10H8.C8H10.C7H8.7C3H8.7C2H6/c1-3-7-12(8-4-1)11-13-9-5-2-6-10-13;2*1-2-6-10-8-4-3-7-9(10)5-1;1-2-8-6-4-3-5-7-8;1-7-5-3-2-4-6-7;7*1-3-2;7*1-2/h1-10H,11H2;2*1-8H;3-7H,2H2,1H3;2-6H,1H3;7*3H2,1-2H3;7*1-2H3. The van der Waals surface area contributed by atoms with Crippen molar-refractivity contribution in [1.82, 2.24) is 0 Å². The topological polar surface area (TPSA) is 0 Å². The van der Waals surface area contributed by atoms with Crippen LogP contribution in [0.5, 0.6) is 0 Å².